The molecule has 0 aliphatic carbocycles. The average Bonchev–Trinajstić information content (AvgIpc) is 2.31. The van der Waals surface area contributed by atoms with Crippen LogP contribution in [0.1, 0.15) is 18.4 Å². The van der Waals surface area contributed by atoms with Crippen LogP contribution in [0.15, 0.2) is 30.3 Å². The minimum Gasteiger partial charge on any atom is -0.396 e. The second kappa shape index (κ2) is 4.98. The summed E-state index contributed by atoms with van der Waals surface area (Å²) < 4.78 is 1.13. The molecular formula is C14H22NO+. The zero-order valence-corrected chi connectivity index (χ0v) is 10.1. The van der Waals surface area contributed by atoms with E-state index in [2.05, 4.69) is 37.4 Å². The molecular weight excluding hydrogens is 198 g/mol. The van der Waals surface area contributed by atoms with E-state index in [1.807, 2.05) is 0 Å². The highest BCUT2D eigenvalue weighted by atomic mass is 16.3. The highest BCUT2D eigenvalue weighted by molar-refractivity contribution is 5.13. The molecule has 1 aliphatic heterocycles. The molecule has 0 aromatic heterocycles. The number of rotatable bonds is 3. The van der Waals surface area contributed by atoms with Gasteiger partial charge in [0.1, 0.15) is 6.54 Å². The van der Waals surface area contributed by atoms with Crippen LogP contribution in [-0.2, 0) is 6.54 Å². The number of hydrogen-bond donors (Lipinski definition) is 1. The Labute approximate surface area is 98.1 Å². The summed E-state index contributed by atoms with van der Waals surface area (Å²) in [5, 5.41) is 9.14. The summed E-state index contributed by atoms with van der Waals surface area (Å²) in [6.45, 7) is 3.88. The Bertz CT molecular complexity index is 315. The molecule has 16 heavy (non-hydrogen) atoms. The molecule has 0 amide bonds. The lowest BCUT2D eigenvalue weighted by Gasteiger charge is -2.40. The lowest BCUT2D eigenvalue weighted by molar-refractivity contribution is -0.928. The summed E-state index contributed by atoms with van der Waals surface area (Å²) in [7, 11) is 2.33. The number of piperidine rings is 1. The van der Waals surface area contributed by atoms with Gasteiger partial charge in [-0.1, -0.05) is 30.3 Å². The molecule has 2 rings (SSSR count). The van der Waals surface area contributed by atoms with Crippen LogP contribution in [0.5, 0.6) is 0 Å². The number of quaternary nitrogens is 1. The third kappa shape index (κ3) is 2.83. The molecule has 0 saturated carbocycles. The maximum Gasteiger partial charge on any atom is 0.104 e. The van der Waals surface area contributed by atoms with E-state index in [-0.39, 0.29) is 0 Å². The topological polar surface area (TPSA) is 20.2 Å². The molecule has 1 saturated heterocycles. The van der Waals surface area contributed by atoms with E-state index in [0.29, 0.717) is 12.5 Å². The summed E-state index contributed by atoms with van der Waals surface area (Å²) in [5.41, 5.74) is 1.42. The van der Waals surface area contributed by atoms with Crippen LogP contribution in [-0.4, -0.2) is 36.3 Å². The summed E-state index contributed by atoms with van der Waals surface area (Å²) in [4.78, 5) is 0. The van der Waals surface area contributed by atoms with Crippen molar-refractivity contribution in [2.24, 2.45) is 5.92 Å². The maximum absolute atomic E-state index is 9.14. The normalized spacial score (nSPS) is 30.2. The number of aliphatic hydroxyl groups is 1. The van der Waals surface area contributed by atoms with Crippen molar-refractivity contribution < 1.29 is 9.59 Å². The van der Waals surface area contributed by atoms with Crippen molar-refractivity contribution in [1.29, 1.82) is 0 Å². The van der Waals surface area contributed by atoms with E-state index in [0.717, 1.165) is 11.0 Å². The molecule has 1 heterocycles. The van der Waals surface area contributed by atoms with E-state index >= 15 is 0 Å². The molecule has 1 aromatic carbocycles. The third-order valence-electron chi connectivity index (χ3n) is 3.82. The van der Waals surface area contributed by atoms with Crippen molar-refractivity contribution in [3.63, 3.8) is 0 Å². The van der Waals surface area contributed by atoms with Crippen LogP contribution in [0, 0.1) is 5.92 Å². The van der Waals surface area contributed by atoms with Gasteiger partial charge in [0.15, 0.2) is 0 Å². The summed E-state index contributed by atoms with van der Waals surface area (Å²) in [6, 6.07) is 10.7. The van der Waals surface area contributed by atoms with E-state index in [9.17, 15) is 0 Å². The number of benzene rings is 1. The quantitative estimate of drug-likeness (QED) is 0.773. The molecule has 0 unspecified atom stereocenters. The molecule has 2 nitrogen and oxygen atoms in total. The number of likely N-dealkylation sites (tertiary alicyclic amines) is 1. The zero-order valence-electron chi connectivity index (χ0n) is 10.1. The van der Waals surface area contributed by atoms with Crippen molar-refractivity contribution in [3.8, 4) is 0 Å². The van der Waals surface area contributed by atoms with Crippen molar-refractivity contribution in [2.75, 3.05) is 26.7 Å². The minimum atomic E-state index is 0.366. The van der Waals surface area contributed by atoms with Gasteiger partial charge < -0.3 is 9.59 Å². The fraction of sp³-hybridized carbons (Fsp3) is 0.571. The van der Waals surface area contributed by atoms with Gasteiger partial charge in [-0.25, -0.2) is 0 Å². The summed E-state index contributed by atoms with van der Waals surface area (Å²) in [5.74, 6) is 0.543. The van der Waals surface area contributed by atoms with E-state index in [1.54, 1.807) is 0 Å². The van der Waals surface area contributed by atoms with Crippen LogP contribution in [0.2, 0.25) is 0 Å². The van der Waals surface area contributed by atoms with Crippen LogP contribution < -0.4 is 0 Å². The van der Waals surface area contributed by atoms with Gasteiger partial charge in [-0.3, -0.25) is 0 Å². The van der Waals surface area contributed by atoms with E-state index < -0.39 is 0 Å². The maximum atomic E-state index is 9.14. The fourth-order valence-corrected chi connectivity index (χ4v) is 2.61. The largest absolute Gasteiger partial charge is 0.396 e. The first-order valence-corrected chi connectivity index (χ1v) is 6.20. The highest BCUT2D eigenvalue weighted by Crippen LogP contribution is 2.23. The van der Waals surface area contributed by atoms with Crippen molar-refractivity contribution in [1.82, 2.24) is 0 Å². The Morgan fingerprint density at radius 2 is 1.81 bits per heavy atom. The van der Waals surface area contributed by atoms with Crippen molar-refractivity contribution >= 4 is 0 Å². The molecule has 88 valence electrons. The van der Waals surface area contributed by atoms with Gasteiger partial charge in [-0.15, -0.1) is 0 Å². The Hall–Kier alpha value is -0.860. The molecule has 2 heteroatoms. The molecule has 0 spiro atoms. The fourth-order valence-electron chi connectivity index (χ4n) is 2.61. The molecule has 1 aromatic rings. The number of nitrogens with zero attached hydrogens (tertiary/aromatic N) is 1. The van der Waals surface area contributed by atoms with Gasteiger partial charge in [-0.05, 0) is 5.92 Å². The van der Waals surface area contributed by atoms with Gasteiger partial charge in [0.2, 0.25) is 0 Å². The van der Waals surface area contributed by atoms with Gasteiger partial charge in [0.25, 0.3) is 0 Å². The van der Waals surface area contributed by atoms with Gasteiger partial charge in [0, 0.05) is 25.0 Å². The smallest absolute Gasteiger partial charge is 0.104 e. The number of hydrogen-bond acceptors (Lipinski definition) is 1. The molecule has 0 radical (unpaired) electrons. The second-order valence-electron chi connectivity index (χ2n) is 5.34. The van der Waals surface area contributed by atoms with Crippen LogP contribution in [0.3, 0.4) is 0 Å². The Balaban J connectivity index is 1.95. The molecule has 1 N–H and O–H groups in total. The molecule has 1 aliphatic rings. The van der Waals surface area contributed by atoms with Crippen LogP contribution in [0.4, 0.5) is 0 Å². The monoisotopic (exact) mass is 220 g/mol. The van der Waals surface area contributed by atoms with Crippen molar-refractivity contribution in [3.05, 3.63) is 35.9 Å². The minimum absolute atomic E-state index is 0.366. The van der Waals surface area contributed by atoms with E-state index in [1.165, 1.54) is 31.5 Å². The lowest BCUT2D eigenvalue weighted by Crippen LogP contribution is -2.49. The highest BCUT2D eigenvalue weighted by Gasteiger charge is 2.29. The molecule has 0 atom stereocenters. The molecule has 1 fully saturated rings. The second-order valence-corrected chi connectivity index (χ2v) is 5.34. The van der Waals surface area contributed by atoms with Crippen LogP contribution >= 0.6 is 0 Å². The van der Waals surface area contributed by atoms with Crippen molar-refractivity contribution in [2.45, 2.75) is 19.4 Å². The Morgan fingerprint density at radius 3 is 2.38 bits per heavy atom. The predicted molar refractivity (Wildman–Crippen MR) is 65.9 cm³/mol. The zero-order chi connectivity index (χ0) is 11.4. The van der Waals surface area contributed by atoms with E-state index in [4.69, 9.17) is 5.11 Å². The van der Waals surface area contributed by atoms with Crippen LogP contribution in [0.25, 0.3) is 0 Å². The Morgan fingerprint density at radius 1 is 1.19 bits per heavy atom. The predicted octanol–water partition coefficient (Wildman–Crippen LogP) is 2.04. The third-order valence-corrected chi connectivity index (χ3v) is 3.82. The first-order valence-electron chi connectivity index (χ1n) is 6.20. The SMILES string of the molecule is C[N+]1(Cc2ccccc2)CCC(CO)CC1. The van der Waals surface area contributed by atoms with Gasteiger partial charge in [0.05, 0.1) is 20.1 Å². The first-order chi connectivity index (χ1) is 7.72. The summed E-state index contributed by atoms with van der Waals surface area (Å²) in [6.07, 6.45) is 2.33. The molecule has 0 bridgehead atoms. The van der Waals surface area contributed by atoms with Gasteiger partial charge >= 0.3 is 0 Å². The number of aliphatic hydroxyl groups excluding tert-OH is 1. The first kappa shape index (κ1) is 11.6. The average molecular weight is 220 g/mol. The summed E-state index contributed by atoms with van der Waals surface area (Å²) >= 11 is 0. The standard InChI is InChI=1S/C14H22NO/c1-15(9-7-14(12-16)8-10-15)11-13-5-3-2-4-6-13/h2-6,14,16H,7-12H2,1H3/q+1. The van der Waals surface area contributed by atoms with Gasteiger partial charge in [-0.2, -0.15) is 0 Å². The lowest BCUT2D eigenvalue weighted by atomic mass is 9.95. The Kier molecular flexibility index (Phi) is 3.62.